The summed E-state index contributed by atoms with van der Waals surface area (Å²) in [5, 5.41) is 2.62. The number of fused-ring (bicyclic) bond motifs is 1. The van der Waals surface area contributed by atoms with Crippen LogP contribution in [0.15, 0.2) is 29.3 Å². The number of ketones is 1. The number of rotatable bonds is 5. The number of alkyl carbamates (subject to hydrolysis) is 1. The maximum atomic E-state index is 12.7. The molecule has 8 heteroatoms. The van der Waals surface area contributed by atoms with E-state index in [0.29, 0.717) is 16.7 Å². The molecular formula is C17H17N3O5. The molecule has 0 aliphatic heterocycles. The molecule has 1 atom stereocenters. The minimum atomic E-state index is -1.73. The second-order valence-electron chi connectivity index (χ2n) is 5.28. The first kappa shape index (κ1) is 18.0. The second kappa shape index (κ2) is 7.05. The van der Waals surface area contributed by atoms with Gasteiger partial charge in [0.15, 0.2) is 11.3 Å². The van der Waals surface area contributed by atoms with Crippen LogP contribution in [-0.2, 0) is 16.1 Å². The van der Waals surface area contributed by atoms with Gasteiger partial charge in [-0.25, -0.2) is 9.78 Å². The summed E-state index contributed by atoms with van der Waals surface area (Å²) >= 11 is 0. The van der Waals surface area contributed by atoms with E-state index in [1.807, 2.05) is 0 Å². The van der Waals surface area contributed by atoms with Crippen LogP contribution >= 0.6 is 0 Å². The summed E-state index contributed by atoms with van der Waals surface area (Å²) in [5.41, 5.74) is -1.68. The largest absolute Gasteiger partial charge is 0.497 e. The van der Waals surface area contributed by atoms with Crippen LogP contribution in [0.1, 0.15) is 6.92 Å². The van der Waals surface area contributed by atoms with Crippen molar-refractivity contribution in [2.75, 3.05) is 14.2 Å². The van der Waals surface area contributed by atoms with Crippen molar-refractivity contribution < 1.29 is 19.1 Å². The molecule has 1 amide bonds. The zero-order valence-electron chi connectivity index (χ0n) is 14.0. The van der Waals surface area contributed by atoms with Crippen LogP contribution in [-0.4, -0.2) is 41.2 Å². The van der Waals surface area contributed by atoms with Crippen molar-refractivity contribution in [3.63, 3.8) is 0 Å². The van der Waals surface area contributed by atoms with Gasteiger partial charge >= 0.3 is 6.09 Å². The molecule has 1 N–H and O–H groups in total. The summed E-state index contributed by atoms with van der Waals surface area (Å²) in [5.74, 6) is 2.23. The Balaban J connectivity index is 2.54. The molecule has 8 nitrogen and oxygen atoms in total. The van der Waals surface area contributed by atoms with Gasteiger partial charge in [-0.1, -0.05) is 5.92 Å². The first-order chi connectivity index (χ1) is 11.9. The van der Waals surface area contributed by atoms with E-state index in [1.165, 1.54) is 24.9 Å². The molecule has 0 saturated heterocycles. The summed E-state index contributed by atoms with van der Waals surface area (Å²) in [6.45, 7) is 0.936. The number of methoxy groups -OCH3 is 2. The van der Waals surface area contributed by atoms with Gasteiger partial charge in [0.25, 0.3) is 5.56 Å². The van der Waals surface area contributed by atoms with Crippen LogP contribution in [0.25, 0.3) is 10.9 Å². The standard InChI is InChI=1S/C17H17N3O5/c1-5-17(11(2)21,19-16(23)25-4)9-20-10-18-14-7-6-12(24-3)8-13(14)15(20)22/h1,6-8,10H,9H2,2-4H3,(H,19,23). The van der Waals surface area contributed by atoms with E-state index < -0.39 is 23.0 Å². The van der Waals surface area contributed by atoms with Crippen molar-refractivity contribution in [3.8, 4) is 18.1 Å². The van der Waals surface area contributed by atoms with E-state index in [0.717, 1.165) is 7.11 Å². The lowest BCUT2D eigenvalue weighted by Crippen LogP contribution is -2.56. The Morgan fingerprint density at radius 3 is 2.68 bits per heavy atom. The number of carbonyl (C=O) groups excluding carboxylic acids is 2. The maximum Gasteiger partial charge on any atom is 0.408 e. The molecule has 1 heterocycles. The van der Waals surface area contributed by atoms with Gasteiger partial charge in [-0.2, -0.15) is 0 Å². The maximum absolute atomic E-state index is 12.7. The molecule has 0 saturated carbocycles. The highest BCUT2D eigenvalue weighted by atomic mass is 16.5. The highest BCUT2D eigenvalue weighted by Crippen LogP contribution is 2.16. The van der Waals surface area contributed by atoms with Gasteiger partial charge in [-0.15, -0.1) is 6.42 Å². The summed E-state index contributed by atoms with van der Waals surface area (Å²) in [4.78, 5) is 40.5. The van der Waals surface area contributed by atoms with Crippen molar-refractivity contribution in [1.29, 1.82) is 0 Å². The molecule has 1 aromatic carbocycles. The van der Waals surface area contributed by atoms with Crippen LogP contribution in [0, 0.1) is 12.3 Å². The van der Waals surface area contributed by atoms with Crippen LogP contribution in [0.5, 0.6) is 5.75 Å². The first-order valence-electron chi connectivity index (χ1n) is 7.25. The lowest BCUT2D eigenvalue weighted by Gasteiger charge is -2.26. The number of ether oxygens (including phenoxy) is 2. The number of carbonyl (C=O) groups is 2. The average Bonchev–Trinajstić information content (AvgIpc) is 2.62. The Kier molecular flexibility index (Phi) is 5.08. The number of terminal acetylenes is 1. The number of benzene rings is 1. The van der Waals surface area contributed by atoms with Gasteiger partial charge in [0, 0.05) is 0 Å². The lowest BCUT2D eigenvalue weighted by atomic mass is 9.95. The molecule has 0 bridgehead atoms. The third-order valence-electron chi connectivity index (χ3n) is 3.79. The number of amides is 1. The van der Waals surface area contributed by atoms with Gasteiger partial charge in [0.05, 0.1) is 38.0 Å². The highest BCUT2D eigenvalue weighted by Gasteiger charge is 2.36. The third kappa shape index (κ3) is 3.45. The number of hydrogen-bond acceptors (Lipinski definition) is 6. The second-order valence-corrected chi connectivity index (χ2v) is 5.28. The number of nitrogens with zero attached hydrogens (tertiary/aromatic N) is 2. The number of aromatic nitrogens is 2. The summed E-state index contributed by atoms with van der Waals surface area (Å²) in [7, 11) is 2.63. The summed E-state index contributed by atoms with van der Waals surface area (Å²) in [6.07, 6.45) is 5.86. The van der Waals surface area contributed by atoms with Crippen molar-refractivity contribution >= 4 is 22.8 Å². The molecule has 0 radical (unpaired) electrons. The number of hydrogen-bond donors (Lipinski definition) is 1. The Morgan fingerprint density at radius 1 is 1.40 bits per heavy atom. The number of nitrogens with one attached hydrogen (secondary N) is 1. The van der Waals surface area contributed by atoms with Crippen molar-refractivity contribution in [3.05, 3.63) is 34.9 Å². The molecule has 0 spiro atoms. The molecule has 0 aliphatic rings. The van der Waals surface area contributed by atoms with Crippen LogP contribution < -0.4 is 15.6 Å². The molecule has 2 rings (SSSR count). The smallest absolute Gasteiger partial charge is 0.408 e. The third-order valence-corrected chi connectivity index (χ3v) is 3.79. The molecule has 130 valence electrons. The monoisotopic (exact) mass is 343 g/mol. The summed E-state index contributed by atoms with van der Waals surface area (Å²) < 4.78 is 10.8. The van der Waals surface area contributed by atoms with Crippen LogP contribution in [0.3, 0.4) is 0 Å². The van der Waals surface area contributed by atoms with Gasteiger partial charge in [-0.05, 0) is 25.1 Å². The van der Waals surface area contributed by atoms with E-state index in [2.05, 4.69) is 21.0 Å². The molecule has 1 aromatic heterocycles. The predicted molar refractivity (Wildman–Crippen MR) is 90.3 cm³/mol. The SMILES string of the molecule is C#CC(Cn1cnc2ccc(OC)cc2c1=O)(NC(=O)OC)C(C)=O. The molecule has 2 aromatic rings. The van der Waals surface area contributed by atoms with E-state index >= 15 is 0 Å². The molecule has 0 fully saturated rings. The van der Waals surface area contributed by atoms with E-state index in [1.54, 1.807) is 18.2 Å². The Morgan fingerprint density at radius 2 is 2.12 bits per heavy atom. The fourth-order valence-electron chi connectivity index (χ4n) is 2.28. The zero-order chi connectivity index (χ0) is 18.6. The highest BCUT2D eigenvalue weighted by molar-refractivity contribution is 5.93. The zero-order valence-corrected chi connectivity index (χ0v) is 14.0. The average molecular weight is 343 g/mol. The lowest BCUT2D eigenvalue weighted by molar-refractivity contribution is -0.121. The van der Waals surface area contributed by atoms with Crippen LogP contribution in [0.2, 0.25) is 0 Å². The first-order valence-corrected chi connectivity index (χ1v) is 7.25. The van der Waals surface area contributed by atoms with E-state index in [9.17, 15) is 14.4 Å². The van der Waals surface area contributed by atoms with Gasteiger partial charge in [0.1, 0.15) is 5.75 Å². The minimum absolute atomic E-state index is 0.285. The van der Waals surface area contributed by atoms with Crippen molar-refractivity contribution in [2.45, 2.75) is 19.0 Å². The van der Waals surface area contributed by atoms with Gasteiger partial charge < -0.3 is 9.47 Å². The van der Waals surface area contributed by atoms with E-state index in [4.69, 9.17) is 11.2 Å². The van der Waals surface area contributed by atoms with Gasteiger partial charge in [-0.3, -0.25) is 19.5 Å². The molecule has 25 heavy (non-hydrogen) atoms. The Labute approximate surface area is 143 Å². The van der Waals surface area contributed by atoms with Crippen LogP contribution in [0.4, 0.5) is 4.79 Å². The van der Waals surface area contributed by atoms with Gasteiger partial charge in [0.2, 0.25) is 0 Å². The minimum Gasteiger partial charge on any atom is -0.497 e. The summed E-state index contributed by atoms with van der Waals surface area (Å²) in [6, 6.07) is 4.87. The molecule has 0 aliphatic carbocycles. The fraction of sp³-hybridized carbons (Fsp3) is 0.294. The van der Waals surface area contributed by atoms with E-state index in [-0.39, 0.29) is 6.54 Å². The van der Waals surface area contributed by atoms with Crippen molar-refractivity contribution in [2.24, 2.45) is 0 Å². The predicted octanol–water partition coefficient (Wildman–Crippen LogP) is 0.722. The Bertz CT molecular complexity index is 928. The Hall–Kier alpha value is -3.34. The molecular weight excluding hydrogens is 326 g/mol. The fourth-order valence-corrected chi connectivity index (χ4v) is 2.28. The number of Topliss-reactive ketones (excluding diaryl/α,β-unsaturated/α-hetero) is 1. The normalized spacial score (nSPS) is 12.7. The quantitative estimate of drug-likeness (QED) is 0.803. The molecule has 1 unspecified atom stereocenters. The topological polar surface area (TPSA) is 99.5 Å². The van der Waals surface area contributed by atoms with Crippen molar-refractivity contribution in [1.82, 2.24) is 14.9 Å².